The van der Waals surface area contributed by atoms with Gasteiger partial charge in [-0.3, -0.25) is 0 Å². The molecular formula is AuO4OsP+4. The molecule has 0 saturated heterocycles. The van der Waals surface area contributed by atoms with E-state index in [4.69, 9.17) is 19.2 Å². The predicted molar refractivity (Wildman–Crippen MR) is 7.61 cm³/mol. The fourth-order valence-electron chi connectivity index (χ4n) is 0. The van der Waals surface area contributed by atoms with Crippen molar-refractivity contribution in [2.45, 2.75) is 0 Å². The fraction of sp³-hybridized carbons (Fsp3) is 0. The van der Waals surface area contributed by atoms with Crippen molar-refractivity contribution in [3.05, 3.63) is 0 Å². The van der Waals surface area contributed by atoms with E-state index in [9.17, 15) is 0 Å². The first-order valence-electron chi connectivity index (χ1n) is 0.730. The van der Waals surface area contributed by atoms with E-state index in [1.807, 2.05) is 0 Å². The Morgan fingerprint density at radius 1 is 1.14 bits per heavy atom. The van der Waals surface area contributed by atoms with Gasteiger partial charge in [0.2, 0.25) is 0 Å². The molecule has 0 bridgehead atoms. The van der Waals surface area contributed by atoms with Crippen LogP contribution >= 0.6 is 7.82 Å². The molecule has 0 unspecified atom stereocenters. The summed E-state index contributed by atoms with van der Waals surface area (Å²) in [7, 11) is -5.39. The van der Waals surface area contributed by atoms with Gasteiger partial charge in [-0.1, -0.05) is 0 Å². The van der Waals surface area contributed by atoms with Gasteiger partial charge in [-0.15, -0.1) is 0 Å². The zero-order valence-corrected chi connectivity index (χ0v) is 8.34. The van der Waals surface area contributed by atoms with Crippen molar-refractivity contribution < 1.29 is 61.4 Å². The first-order chi connectivity index (χ1) is 2.00. The molecule has 4 nitrogen and oxygen atoms in total. The minimum absolute atomic E-state index is 0. The second kappa shape index (κ2) is 5.62. The molecule has 0 aromatic rings. The topological polar surface area (TPSA) is 86.2 Å². The summed E-state index contributed by atoms with van der Waals surface area (Å²) in [5.41, 5.74) is 0. The van der Waals surface area contributed by atoms with Gasteiger partial charge in [-0.05, 0) is 0 Å². The molecule has 0 aromatic heterocycles. The maximum absolute atomic E-state index is 8.55. The molecule has 7 heteroatoms. The van der Waals surface area contributed by atoms with E-state index in [0.29, 0.717) is 0 Å². The summed E-state index contributed by atoms with van der Waals surface area (Å²) in [5, 5.41) is 0. The van der Waals surface area contributed by atoms with Crippen molar-refractivity contribution in [2.75, 3.05) is 0 Å². The zero-order chi connectivity index (χ0) is 4.50. The third-order valence-electron chi connectivity index (χ3n) is 0. The quantitative estimate of drug-likeness (QED) is 0.276. The third-order valence-corrected chi connectivity index (χ3v) is 0. The number of phosphoric acid groups is 1. The fourth-order valence-corrected chi connectivity index (χ4v) is 0. The van der Waals surface area contributed by atoms with Crippen LogP contribution in [0.25, 0.3) is 0 Å². The first-order valence-corrected chi connectivity index (χ1v) is 2.19. The van der Waals surface area contributed by atoms with Gasteiger partial charge in [0.1, 0.15) is 0 Å². The van der Waals surface area contributed by atoms with Crippen LogP contribution in [-0.4, -0.2) is 0 Å². The van der Waals surface area contributed by atoms with Crippen LogP contribution < -0.4 is 14.7 Å². The molecule has 0 aromatic carbocycles. The van der Waals surface area contributed by atoms with Crippen LogP contribution in [0, 0.1) is 0 Å². The molecule has 44 valence electrons. The summed E-state index contributed by atoms with van der Waals surface area (Å²) < 4.78 is 8.55. The summed E-state index contributed by atoms with van der Waals surface area (Å²) >= 11 is 0. The van der Waals surface area contributed by atoms with Crippen LogP contribution in [0.1, 0.15) is 0 Å². The smallest absolute Gasteiger partial charge is 0.822 e. The molecule has 0 aliphatic rings. The number of hydrogen-bond donors (Lipinski definition) is 0. The van der Waals surface area contributed by atoms with Gasteiger partial charge in [0.15, 0.2) is 0 Å². The second-order valence-corrected chi connectivity index (χ2v) is 1.34. The van der Waals surface area contributed by atoms with Crippen molar-refractivity contribution in [1.29, 1.82) is 0 Å². The Morgan fingerprint density at radius 2 is 1.14 bits per heavy atom. The number of rotatable bonds is 0. The molecular weight excluding hydrogens is 482 g/mol. The normalized spacial score (nSPS) is 8.43. The molecule has 0 amide bonds. The largest absolute Gasteiger partial charge is 4.00 e. The van der Waals surface area contributed by atoms with Gasteiger partial charge in [-0.25, -0.2) is 0 Å². The van der Waals surface area contributed by atoms with Crippen molar-refractivity contribution in [3.8, 4) is 0 Å². The standard InChI is InChI=1S/Au.H3O4P.Os/c;1-5(2,3)4;/h;(H3,1,2,3,4);/q+3;;+4/p-3. The molecule has 0 fully saturated rings. The molecule has 0 rings (SSSR count). The Hall–Kier alpha value is 1.49. The van der Waals surface area contributed by atoms with Crippen LogP contribution in [0.2, 0.25) is 0 Å². The number of hydrogen-bond acceptors (Lipinski definition) is 4. The summed E-state index contributed by atoms with van der Waals surface area (Å²) in [6.07, 6.45) is 0. The van der Waals surface area contributed by atoms with Crippen LogP contribution in [0.15, 0.2) is 0 Å². The third kappa shape index (κ3) is 102. The van der Waals surface area contributed by atoms with Crippen LogP contribution in [-0.2, 0) is 46.7 Å². The minimum atomic E-state index is -5.39. The van der Waals surface area contributed by atoms with Gasteiger partial charge < -0.3 is 19.2 Å². The molecule has 0 heterocycles. The average Bonchev–Trinajstić information content (AvgIpc) is 0.722. The van der Waals surface area contributed by atoms with Gasteiger partial charge >= 0.3 is 42.2 Å². The Labute approximate surface area is 69.1 Å². The summed E-state index contributed by atoms with van der Waals surface area (Å²) in [5.74, 6) is 0. The maximum Gasteiger partial charge on any atom is 4.00 e. The minimum Gasteiger partial charge on any atom is -0.822 e. The molecule has 0 aliphatic heterocycles. The predicted octanol–water partition coefficient (Wildman–Crippen LogP) is -2.83. The second-order valence-electron chi connectivity index (χ2n) is 0.447. The molecule has 0 aliphatic carbocycles. The van der Waals surface area contributed by atoms with Gasteiger partial charge in [0, 0.05) is 0 Å². The van der Waals surface area contributed by atoms with Gasteiger partial charge in [0.25, 0.3) is 0 Å². The van der Waals surface area contributed by atoms with Gasteiger partial charge in [0.05, 0.1) is 0 Å². The Morgan fingerprint density at radius 3 is 1.14 bits per heavy atom. The Kier molecular flexibility index (Phi) is 12.7. The summed E-state index contributed by atoms with van der Waals surface area (Å²) in [6, 6.07) is 0. The van der Waals surface area contributed by atoms with Crippen molar-refractivity contribution >= 4 is 7.82 Å². The van der Waals surface area contributed by atoms with E-state index in [2.05, 4.69) is 0 Å². The van der Waals surface area contributed by atoms with E-state index in [1.165, 1.54) is 0 Å². The molecule has 0 N–H and O–H groups in total. The maximum atomic E-state index is 8.55. The summed E-state index contributed by atoms with van der Waals surface area (Å²) in [4.78, 5) is 25.6. The molecule has 0 atom stereocenters. The Balaban J connectivity index is -0.0000000800. The van der Waals surface area contributed by atoms with Crippen LogP contribution in [0.3, 0.4) is 0 Å². The molecule has 7 heavy (non-hydrogen) atoms. The average molecular weight is 482 g/mol. The molecule has 0 spiro atoms. The zero-order valence-electron chi connectivity index (χ0n) is 2.74. The van der Waals surface area contributed by atoms with Crippen LogP contribution in [0.5, 0.6) is 0 Å². The van der Waals surface area contributed by atoms with Crippen molar-refractivity contribution in [1.82, 2.24) is 0 Å². The monoisotopic (exact) mass is 484 g/mol. The van der Waals surface area contributed by atoms with Crippen molar-refractivity contribution in [2.24, 2.45) is 0 Å². The van der Waals surface area contributed by atoms with E-state index in [0.717, 1.165) is 0 Å². The van der Waals surface area contributed by atoms with E-state index in [1.54, 1.807) is 0 Å². The van der Waals surface area contributed by atoms with E-state index < -0.39 is 7.82 Å². The van der Waals surface area contributed by atoms with E-state index in [-0.39, 0.29) is 42.2 Å². The summed E-state index contributed by atoms with van der Waals surface area (Å²) in [6.45, 7) is 0. The SMILES string of the molecule is O=P([O-])([O-])[O-].[Au+3].[Os+4]. The van der Waals surface area contributed by atoms with Crippen molar-refractivity contribution in [3.63, 3.8) is 0 Å². The molecule has 0 saturated carbocycles. The van der Waals surface area contributed by atoms with Gasteiger partial charge in [-0.2, -0.15) is 7.82 Å². The first kappa shape index (κ1) is 15.8. The van der Waals surface area contributed by atoms with E-state index >= 15 is 0 Å². The Bertz CT molecular complexity index is 57.8. The molecule has 0 radical (unpaired) electrons. The van der Waals surface area contributed by atoms with Crippen LogP contribution in [0.4, 0.5) is 0 Å².